The maximum atomic E-state index is 10.4. The van der Waals surface area contributed by atoms with Crippen LogP contribution in [0.15, 0.2) is 0 Å². The smallest absolute Gasteiger partial charge is 0.105 e. The van der Waals surface area contributed by atoms with E-state index >= 15 is 0 Å². The normalized spacial score (nSPS) is 41.2. The highest BCUT2D eigenvalue weighted by Gasteiger charge is 2.39. The Morgan fingerprint density at radius 3 is 2.56 bits per heavy atom. The molecule has 0 amide bonds. The molecule has 2 atom stereocenters. The van der Waals surface area contributed by atoms with Gasteiger partial charge in [0.25, 0.3) is 0 Å². The highest BCUT2D eigenvalue weighted by molar-refractivity contribution is 4.93. The van der Waals surface area contributed by atoms with Crippen molar-refractivity contribution in [3.8, 4) is 0 Å². The molecule has 0 spiro atoms. The maximum absolute atomic E-state index is 10.4. The maximum Gasteiger partial charge on any atom is 0.105 e. The second-order valence-electron chi connectivity index (χ2n) is 6.25. The van der Waals surface area contributed by atoms with E-state index in [-0.39, 0.29) is 6.10 Å². The van der Waals surface area contributed by atoms with Crippen molar-refractivity contribution in [1.29, 1.82) is 0 Å². The van der Waals surface area contributed by atoms with Gasteiger partial charge >= 0.3 is 0 Å². The third-order valence-corrected chi connectivity index (χ3v) is 4.90. The van der Waals surface area contributed by atoms with E-state index in [1.807, 2.05) is 6.92 Å². The molecular formula is C15H29NO2. The first-order chi connectivity index (χ1) is 8.64. The van der Waals surface area contributed by atoms with Gasteiger partial charge in [-0.05, 0) is 38.5 Å². The lowest BCUT2D eigenvalue weighted by Gasteiger charge is -2.33. The molecule has 0 bridgehead atoms. The summed E-state index contributed by atoms with van der Waals surface area (Å²) in [5.74, 6) is 0.949. The van der Waals surface area contributed by atoms with Crippen LogP contribution in [-0.4, -0.2) is 36.0 Å². The molecule has 1 heterocycles. The van der Waals surface area contributed by atoms with Crippen molar-refractivity contribution in [1.82, 2.24) is 5.32 Å². The van der Waals surface area contributed by atoms with Crippen molar-refractivity contribution >= 4 is 0 Å². The van der Waals surface area contributed by atoms with Gasteiger partial charge < -0.3 is 15.2 Å². The SMILES string of the molecule is CCCC1CCC(NCC2(O)CCOC2C)CC1. The number of nitrogens with one attached hydrogen (secondary N) is 1. The molecule has 106 valence electrons. The number of rotatable bonds is 5. The number of hydrogen-bond donors (Lipinski definition) is 2. The molecule has 2 fully saturated rings. The molecule has 0 aromatic rings. The molecule has 3 heteroatoms. The van der Waals surface area contributed by atoms with Crippen LogP contribution in [0.3, 0.4) is 0 Å². The summed E-state index contributed by atoms with van der Waals surface area (Å²) in [4.78, 5) is 0. The zero-order valence-electron chi connectivity index (χ0n) is 12.0. The summed E-state index contributed by atoms with van der Waals surface area (Å²) in [5, 5.41) is 14.0. The van der Waals surface area contributed by atoms with Gasteiger partial charge in [0.2, 0.25) is 0 Å². The zero-order valence-corrected chi connectivity index (χ0v) is 12.0. The van der Waals surface area contributed by atoms with Gasteiger partial charge in [-0.3, -0.25) is 0 Å². The Hall–Kier alpha value is -0.120. The average molecular weight is 255 g/mol. The van der Waals surface area contributed by atoms with Crippen LogP contribution < -0.4 is 5.32 Å². The summed E-state index contributed by atoms with van der Waals surface area (Å²) in [7, 11) is 0. The van der Waals surface area contributed by atoms with Gasteiger partial charge in [-0.2, -0.15) is 0 Å². The first-order valence-electron chi connectivity index (χ1n) is 7.71. The fourth-order valence-corrected chi connectivity index (χ4v) is 3.39. The van der Waals surface area contributed by atoms with E-state index in [2.05, 4.69) is 12.2 Å². The minimum absolute atomic E-state index is 0.0265. The molecule has 0 aromatic heterocycles. The van der Waals surface area contributed by atoms with Crippen LogP contribution >= 0.6 is 0 Å². The van der Waals surface area contributed by atoms with Gasteiger partial charge in [0.1, 0.15) is 5.60 Å². The van der Waals surface area contributed by atoms with E-state index in [4.69, 9.17) is 4.74 Å². The third kappa shape index (κ3) is 3.46. The fourth-order valence-electron chi connectivity index (χ4n) is 3.39. The average Bonchev–Trinajstić information content (AvgIpc) is 2.70. The van der Waals surface area contributed by atoms with Gasteiger partial charge in [-0.25, -0.2) is 0 Å². The van der Waals surface area contributed by atoms with Crippen molar-refractivity contribution < 1.29 is 9.84 Å². The van der Waals surface area contributed by atoms with Gasteiger partial charge in [-0.15, -0.1) is 0 Å². The molecule has 2 aliphatic rings. The van der Waals surface area contributed by atoms with Crippen LogP contribution in [0.2, 0.25) is 0 Å². The predicted octanol–water partition coefficient (Wildman–Crippen LogP) is 2.47. The Labute approximate surface area is 111 Å². The monoisotopic (exact) mass is 255 g/mol. The second-order valence-corrected chi connectivity index (χ2v) is 6.25. The van der Waals surface area contributed by atoms with Crippen molar-refractivity contribution in [2.24, 2.45) is 5.92 Å². The quantitative estimate of drug-likeness (QED) is 0.793. The molecule has 2 unspecified atom stereocenters. The van der Waals surface area contributed by atoms with Crippen molar-refractivity contribution in [3.63, 3.8) is 0 Å². The summed E-state index contributed by atoms with van der Waals surface area (Å²) in [5.41, 5.74) is -0.639. The largest absolute Gasteiger partial charge is 0.386 e. The molecule has 0 aromatic carbocycles. The highest BCUT2D eigenvalue weighted by atomic mass is 16.5. The van der Waals surface area contributed by atoms with Crippen LogP contribution in [-0.2, 0) is 4.74 Å². The van der Waals surface area contributed by atoms with Crippen molar-refractivity contribution in [2.75, 3.05) is 13.2 Å². The summed E-state index contributed by atoms with van der Waals surface area (Å²) in [6.45, 7) is 5.65. The molecule has 3 nitrogen and oxygen atoms in total. The van der Waals surface area contributed by atoms with Gasteiger partial charge in [0, 0.05) is 25.6 Å². The van der Waals surface area contributed by atoms with E-state index < -0.39 is 5.60 Å². The van der Waals surface area contributed by atoms with Crippen molar-refractivity contribution in [3.05, 3.63) is 0 Å². The van der Waals surface area contributed by atoms with Crippen LogP contribution in [0.25, 0.3) is 0 Å². The van der Waals surface area contributed by atoms with Crippen molar-refractivity contribution in [2.45, 2.75) is 76.5 Å². The number of hydrogen-bond acceptors (Lipinski definition) is 3. The molecule has 18 heavy (non-hydrogen) atoms. The Morgan fingerprint density at radius 2 is 2.00 bits per heavy atom. The van der Waals surface area contributed by atoms with E-state index in [1.54, 1.807) is 0 Å². The Kier molecular flexibility index (Phi) is 5.05. The first kappa shape index (κ1) is 14.3. The van der Waals surface area contributed by atoms with Gasteiger partial charge in [0.05, 0.1) is 6.10 Å². The second kappa shape index (κ2) is 6.36. The lowest BCUT2D eigenvalue weighted by molar-refractivity contribution is -0.0285. The molecule has 2 N–H and O–H groups in total. The molecule has 1 saturated heterocycles. The van der Waals surface area contributed by atoms with Gasteiger partial charge in [-0.1, -0.05) is 19.8 Å². The topological polar surface area (TPSA) is 41.5 Å². The number of aliphatic hydroxyl groups is 1. The molecule has 1 aliphatic carbocycles. The summed E-state index contributed by atoms with van der Waals surface area (Å²) >= 11 is 0. The van der Waals surface area contributed by atoms with Crippen LogP contribution in [0.4, 0.5) is 0 Å². The third-order valence-electron chi connectivity index (χ3n) is 4.90. The molecule has 0 radical (unpaired) electrons. The summed E-state index contributed by atoms with van der Waals surface area (Å²) in [6, 6.07) is 0.606. The van der Waals surface area contributed by atoms with Crippen LogP contribution in [0.1, 0.15) is 58.8 Å². The Morgan fingerprint density at radius 1 is 1.28 bits per heavy atom. The van der Waals surface area contributed by atoms with Crippen LogP contribution in [0.5, 0.6) is 0 Å². The summed E-state index contributed by atoms with van der Waals surface area (Å²) in [6.07, 6.45) is 8.71. The lowest BCUT2D eigenvalue weighted by atomic mass is 9.83. The number of ether oxygens (including phenoxy) is 1. The van der Waals surface area contributed by atoms with E-state index in [0.717, 1.165) is 12.3 Å². The Bertz CT molecular complexity index is 251. The molecule has 2 rings (SSSR count). The summed E-state index contributed by atoms with van der Waals surface area (Å²) < 4.78 is 5.47. The van der Waals surface area contributed by atoms with E-state index in [1.165, 1.54) is 38.5 Å². The van der Waals surface area contributed by atoms with E-state index in [9.17, 15) is 5.11 Å². The Balaban J connectivity index is 1.69. The predicted molar refractivity (Wildman–Crippen MR) is 73.6 cm³/mol. The molecular weight excluding hydrogens is 226 g/mol. The molecule has 1 aliphatic heterocycles. The van der Waals surface area contributed by atoms with Gasteiger partial charge in [0.15, 0.2) is 0 Å². The molecule has 1 saturated carbocycles. The minimum atomic E-state index is -0.639. The minimum Gasteiger partial charge on any atom is -0.386 e. The van der Waals surface area contributed by atoms with E-state index in [0.29, 0.717) is 19.2 Å². The van der Waals surface area contributed by atoms with Crippen LogP contribution in [0, 0.1) is 5.92 Å². The fraction of sp³-hybridized carbons (Fsp3) is 1.00. The standard InChI is InChI=1S/C15H29NO2/c1-3-4-13-5-7-14(8-6-13)16-11-15(17)9-10-18-12(15)2/h12-14,16-17H,3-11H2,1-2H3. The zero-order chi connectivity index (χ0) is 13.0. The first-order valence-corrected chi connectivity index (χ1v) is 7.71. The highest BCUT2D eigenvalue weighted by Crippen LogP contribution is 2.29. The lowest BCUT2D eigenvalue weighted by Crippen LogP contribution is -2.49.